The predicted octanol–water partition coefficient (Wildman–Crippen LogP) is 3.83. The number of aryl methyl sites for hydroxylation is 1. The molecule has 0 aliphatic carbocycles. The van der Waals surface area contributed by atoms with Crippen LogP contribution < -0.4 is 14.4 Å². The van der Waals surface area contributed by atoms with Crippen LogP contribution in [0.25, 0.3) is 11.3 Å². The second-order valence-corrected chi connectivity index (χ2v) is 8.05. The Labute approximate surface area is 195 Å². The number of anilines is 1. The van der Waals surface area contributed by atoms with E-state index in [1.165, 1.54) is 5.56 Å². The maximum absolute atomic E-state index is 12.9. The monoisotopic (exact) mass is 446 g/mol. The van der Waals surface area contributed by atoms with Gasteiger partial charge < -0.3 is 19.3 Å². The average molecular weight is 447 g/mol. The number of carbonyl (C=O) groups is 1. The van der Waals surface area contributed by atoms with Crippen LogP contribution in [0.2, 0.25) is 0 Å². The highest BCUT2D eigenvalue weighted by Gasteiger charge is 2.26. The summed E-state index contributed by atoms with van der Waals surface area (Å²) in [6.45, 7) is 6.57. The Morgan fingerprint density at radius 2 is 1.70 bits per heavy atom. The second-order valence-electron chi connectivity index (χ2n) is 8.05. The van der Waals surface area contributed by atoms with Gasteiger partial charge in [0.15, 0.2) is 11.9 Å². The van der Waals surface area contributed by atoms with Gasteiger partial charge in [0.05, 0.1) is 12.8 Å². The van der Waals surface area contributed by atoms with Gasteiger partial charge in [0.1, 0.15) is 11.5 Å². The van der Waals surface area contributed by atoms with Crippen molar-refractivity contribution in [3.05, 3.63) is 66.2 Å². The maximum atomic E-state index is 12.9. The summed E-state index contributed by atoms with van der Waals surface area (Å²) in [7, 11) is 1.65. The van der Waals surface area contributed by atoms with E-state index < -0.39 is 6.10 Å². The van der Waals surface area contributed by atoms with E-state index in [2.05, 4.69) is 22.0 Å². The Hall–Kier alpha value is -3.61. The zero-order chi connectivity index (χ0) is 23.2. The largest absolute Gasteiger partial charge is 0.496 e. The number of amides is 1. The fourth-order valence-corrected chi connectivity index (χ4v) is 3.97. The van der Waals surface area contributed by atoms with E-state index in [1.54, 1.807) is 7.11 Å². The van der Waals surface area contributed by atoms with E-state index >= 15 is 0 Å². The molecular weight excluding hydrogens is 416 g/mol. The molecule has 1 unspecified atom stereocenters. The first-order valence-corrected chi connectivity index (χ1v) is 11.4. The Morgan fingerprint density at radius 3 is 2.33 bits per heavy atom. The lowest BCUT2D eigenvalue weighted by molar-refractivity contribution is -0.138. The fourth-order valence-electron chi connectivity index (χ4n) is 3.97. The summed E-state index contributed by atoms with van der Waals surface area (Å²) in [5.41, 5.74) is 2.92. The number of aromatic nitrogens is 2. The molecule has 7 heteroatoms. The third-order valence-electron chi connectivity index (χ3n) is 5.94. The number of hydrogen-bond donors (Lipinski definition) is 0. The van der Waals surface area contributed by atoms with Gasteiger partial charge in [-0.3, -0.25) is 4.79 Å². The zero-order valence-corrected chi connectivity index (χ0v) is 19.4. The number of nitrogens with zero attached hydrogens (tertiary/aromatic N) is 4. The number of carbonyl (C=O) groups excluding carboxylic acids is 1. The van der Waals surface area contributed by atoms with Crippen LogP contribution in [0.4, 0.5) is 5.82 Å². The molecule has 2 heterocycles. The summed E-state index contributed by atoms with van der Waals surface area (Å²) in [4.78, 5) is 16.9. The van der Waals surface area contributed by atoms with Crippen molar-refractivity contribution in [1.29, 1.82) is 0 Å². The molecule has 172 valence electrons. The van der Waals surface area contributed by atoms with Crippen LogP contribution in [0.3, 0.4) is 0 Å². The smallest absolute Gasteiger partial charge is 0.263 e. The van der Waals surface area contributed by atoms with Gasteiger partial charge in [-0.25, -0.2) is 0 Å². The molecule has 1 atom stereocenters. The molecule has 2 aromatic carbocycles. The van der Waals surface area contributed by atoms with Crippen LogP contribution in [0, 0.1) is 0 Å². The predicted molar refractivity (Wildman–Crippen MR) is 129 cm³/mol. The van der Waals surface area contributed by atoms with Crippen LogP contribution in [0.15, 0.2) is 60.7 Å². The Bertz CT molecular complexity index is 1060. The minimum Gasteiger partial charge on any atom is -0.496 e. The van der Waals surface area contributed by atoms with Crippen LogP contribution >= 0.6 is 0 Å². The van der Waals surface area contributed by atoms with Crippen LogP contribution in [0.1, 0.15) is 19.4 Å². The SMILES string of the molecule is CCc1ccc(OC(C)C(=O)N2CCN(c3ccc(-c4ccccc4OC)nn3)CC2)cc1. The first-order chi connectivity index (χ1) is 16.1. The quantitative estimate of drug-likeness (QED) is 0.550. The van der Waals surface area contributed by atoms with Crippen molar-refractivity contribution in [1.82, 2.24) is 15.1 Å². The molecule has 7 nitrogen and oxygen atoms in total. The molecule has 1 saturated heterocycles. The van der Waals surface area contributed by atoms with Crippen molar-refractivity contribution in [3.8, 4) is 22.8 Å². The van der Waals surface area contributed by atoms with Crippen LogP contribution in [-0.4, -0.2) is 60.4 Å². The third kappa shape index (κ3) is 5.25. The van der Waals surface area contributed by atoms with Crippen molar-refractivity contribution < 1.29 is 14.3 Å². The van der Waals surface area contributed by atoms with Crippen LogP contribution in [0.5, 0.6) is 11.5 Å². The molecule has 3 aromatic rings. The molecule has 1 aromatic heterocycles. The number of hydrogen-bond acceptors (Lipinski definition) is 6. The van der Waals surface area contributed by atoms with Gasteiger partial charge >= 0.3 is 0 Å². The molecule has 0 bridgehead atoms. The van der Waals surface area contributed by atoms with E-state index in [1.807, 2.05) is 72.5 Å². The van der Waals surface area contributed by atoms with Gasteiger partial charge in [-0.05, 0) is 55.3 Å². The highest BCUT2D eigenvalue weighted by Crippen LogP contribution is 2.28. The maximum Gasteiger partial charge on any atom is 0.263 e. The molecule has 0 spiro atoms. The number of rotatable bonds is 7. The summed E-state index contributed by atoms with van der Waals surface area (Å²) >= 11 is 0. The molecular formula is C26H30N4O3. The minimum atomic E-state index is -0.524. The van der Waals surface area contributed by atoms with Crippen molar-refractivity contribution in [2.24, 2.45) is 0 Å². The van der Waals surface area contributed by atoms with Gasteiger partial charge in [0.2, 0.25) is 0 Å². The molecule has 0 saturated carbocycles. The first-order valence-electron chi connectivity index (χ1n) is 11.4. The molecule has 1 aliphatic rings. The second kappa shape index (κ2) is 10.3. The van der Waals surface area contributed by atoms with E-state index in [0.717, 1.165) is 35.0 Å². The van der Waals surface area contributed by atoms with Gasteiger partial charge in [-0.1, -0.05) is 31.2 Å². The minimum absolute atomic E-state index is 0.00632. The van der Waals surface area contributed by atoms with Gasteiger partial charge in [-0.2, -0.15) is 0 Å². The number of methoxy groups -OCH3 is 1. The lowest BCUT2D eigenvalue weighted by atomic mass is 10.1. The van der Waals surface area contributed by atoms with Gasteiger partial charge in [0, 0.05) is 31.7 Å². The molecule has 0 radical (unpaired) electrons. The number of ether oxygens (including phenoxy) is 2. The fraction of sp³-hybridized carbons (Fsp3) is 0.346. The van der Waals surface area contributed by atoms with Gasteiger partial charge in [-0.15, -0.1) is 10.2 Å². The summed E-state index contributed by atoms with van der Waals surface area (Å²) in [6.07, 6.45) is 0.455. The zero-order valence-electron chi connectivity index (χ0n) is 19.4. The standard InChI is InChI=1S/C26H30N4O3/c1-4-20-9-11-21(12-10-20)33-19(2)26(31)30-17-15-29(16-18-30)25-14-13-23(27-28-25)22-7-5-6-8-24(22)32-3/h5-14,19H,4,15-18H2,1-3H3. The Kier molecular flexibility index (Phi) is 7.07. The number of benzene rings is 2. The van der Waals surface area contributed by atoms with E-state index in [0.29, 0.717) is 26.2 Å². The van der Waals surface area contributed by atoms with Gasteiger partial charge in [0.25, 0.3) is 5.91 Å². The van der Waals surface area contributed by atoms with E-state index in [4.69, 9.17) is 9.47 Å². The average Bonchev–Trinajstić information content (AvgIpc) is 2.89. The highest BCUT2D eigenvalue weighted by atomic mass is 16.5. The highest BCUT2D eigenvalue weighted by molar-refractivity contribution is 5.81. The Morgan fingerprint density at radius 1 is 0.970 bits per heavy atom. The molecule has 1 aliphatic heterocycles. The van der Waals surface area contributed by atoms with Crippen molar-refractivity contribution in [2.75, 3.05) is 38.2 Å². The first kappa shape index (κ1) is 22.6. The van der Waals surface area contributed by atoms with Crippen molar-refractivity contribution in [2.45, 2.75) is 26.4 Å². The molecule has 0 N–H and O–H groups in total. The normalized spacial score (nSPS) is 14.6. The van der Waals surface area contributed by atoms with E-state index in [-0.39, 0.29) is 5.91 Å². The number of piperazine rings is 1. The van der Waals surface area contributed by atoms with Crippen molar-refractivity contribution in [3.63, 3.8) is 0 Å². The molecule has 4 rings (SSSR count). The summed E-state index contributed by atoms with van der Waals surface area (Å²) in [5.74, 6) is 2.30. The van der Waals surface area contributed by atoms with E-state index in [9.17, 15) is 4.79 Å². The Balaban J connectivity index is 1.33. The molecule has 33 heavy (non-hydrogen) atoms. The molecule has 1 amide bonds. The number of para-hydroxylation sites is 1. The topological polar surface area (TPSA) is 67.8 Å². The lowest BCUT2D eigenvalue weighted by Crippen LogP contribution is -2.52. The summed E-state index contributed by atoms with van der Waals surface area (Å²) in [6, 6.07) is 19.6. The van der Waals surface area contributed by atoms with Crippen molar-refractivity contribution >= 4 is 11.7 Å². The molecule has 1 fully saturated rings. The lowest BCUT2D eigenvalue weighted by Gasteiger charge is -2.36. The van der Waals surface area contributed by atoms with Crippen LogP contribution in [-0.2, 0) is 11.2 Å². The summed E-state index contributed by atoms with van der Waals surface area (Å²) in [5, 5.41) is 8.82. The summed E-state index contributed by atoms with van der Waals surface area (Å²) < 4.78 is 11.3. The third-order valence-corrected chi connectivity index (χ3v) is 5.94.